The summed E-state index contributed by atoms with van der Waals surface area (Å²) in [5, 5.41) is 0. The molecule has 1 heterocycles. The zero-order chi connectivity index (χ0) is 15.6. The minimum atomic E-state index is -0.504. The van der Waals surface area contributed by atoms with Gasteiger partial charge in [-0.1, -0.05) is 6.07 Å². The number of morpholine rings is 1. The number of hydrogen-bond acceptors (Lipinski definition) is 4. The van der Waals surface area contributed by atoms with Crippen LogP contribution < -0.4 is 5.73 Å². The lowest BCUT2D eigenvalue weighted by molar-refractivity contribution is -0.0332. The van der Waals surface area contributed by atoms with Crippen molar-refractivity contribution in [2.24, 2.45) is 0 Å². The van der Waals surface area contributed by atoms with Crippen molar-refractivity contribution < 1.29 is 14.3 Å². The predicted molar refractivity (Wildman–Crippen MR) is 82.1 cm³/mol. The number of nitrogens with zero attached hydrogens (tertiary/aromatic N) is 1. The Kier molecular flexibility index (Phi) is 4.42. The normalized spacial score (nSPS) is 19.4. The Morgan fingerprint density at radius 2 is 2.14 bits per heavy atom. The van der Waals surface area contributed by atoms with Crippen LogP contribution in [-0.4, -0.2) is 36.4 Å². The molecule has 1 aromatic rings. The van der Waals surface area contributed by atoms with Crippen LogP contribution in [0.4, 0.5) is 10.5 Å². The van der Waals surface area contributed by atoms with Crippen LogP contribution in [0.1, 0.15) is 37.9 Å². The first-order chi connectivity index (χ1) is 9.78. The fourth-order valence-corrected chi connectivity index (χ4v) is 2.47. The van der Waals surface area contributed by atoms with Crippen molar-refractivity contribution in [3.05, 3.63) is 29.3 Å². The average Bonchev–Trinajstić information content (AvgIpc) is 2.37. The summed E-state index contributed by atoms with van der Waals surface area (Å²) in [4.78, 5) is 14.1. The molecule has 0 saturated carbocycles. The molecule has 2 rings (SSSR count). The monoisotopic (exact) mass is 292 g/mol. The Bertz CT molecular complexity index is 523. The summed E-state index contributed by atoms with van der Waals surface area (Å²) in [7, 11) is 0. The largest absolute Gasteiger partial charge is 0.444 e. The highest BCUT2D eigenvalue weighted by Crippen LogP contribution is 2.29. The Morgan fingerprint density at radius 3 is 2.76 bits per heavy atom. The maximum Gasteiger partial charge on any atom is 0.410 e. The molecular formula is C16H24N2O3. The molecule has 0 spiro atoms. The van der Waals surface area contributed by atoms with E-state index in [-0.39, 0.29) is 12.1 Å². The van der Waals surface area contributed by atoms with Crippen LogP contribution in [-0.2, 0) is 9.47 Å². The van der Waals surface area contributed by atoms with Gasteiger partial charge in [0.15, 0.2) is 0 Å². The maximum atomic E-state index is 12.4. The molecule has 0 unspecified atom stereocenters. The van der Waals surface area contributed by atoms with Crippen molar-refractivity contribution in [3.63, 3.8) is 0 Å². The minimum absolute atomic E-state index is 0.130. The maximum absolute atomic E-state index is 12.4. The topological polar surface area (TPSA) is 64.8 Å². The molecule has 116 valence electrons. The number of carbonyl (C=O) groups is 1. The van der Waals surface area contributed by atoms with E-state index >= 15 is 0 Å². The van der Waals surface area contributed by atoms with E-state index in [1.54, 1.807) is 4.90 Å². The van der Waals surface area contributed by atoms with E-state index in [1.807, 2.05) is 45.9 Å². The SMILES string of the molecule is Cc1cc(N)ccc1[C@H]1COCCN1C(=O)OC(C)(C)C. The third-order valence-corrected chi connectivity index (χ3v) is 3.41. The summed E-state index contributed by atoms with van der Waals surface area (Å²) in [6.07, 6.45) is -0.299. The standard InChI is InChI=1S/C16H24N2O3/c1-11-9-12(17)5-6-13(11)14-10-20-8-7-18(14)15(19)21-16(2,3)4/h5-6,9,14H,7-8,10,17H2,1-4H3/t14-/m1/s1. The molecular weight excluding hydrogens is 268 g/mol. The first-order valence-electron chi connectivity index (χ1n) is 7.21. The second-order valence-electron chi connectivity index (χ2n) is 6.38. The summed E-state index contributed by atoms with van der Waals surface area (Å²) < 4.78 is 11.1. The van der Waals surface area contributed by atoms with Crippen LogP contribution in [0, 0.1) is 6.92 Å². The highest BCUT2D eigenvalue weighted by atomic mass is 16.6. The molecule has 1 aromatic carbocycles. The van der Waals surface area contributed by atoms with Crippen LogP contribution in [0.15, 0.2) is 18.2 Å². The molecule has 0 bridgehead atoms. The molecule has 1 atom stereocenters. The van der Waals surface area contributed by atoms with Crippen molar-refractivity contribution in [1.29, 1.82) is 0 Å². The quantitative estimate of drug-likeness (QED) is 0.808. The molecule has 0 radical (unpaired) electrons. The van der Waals surface area contributed by atoms with Crippen LogP contribution >= 0.6 is 0 Å². The summed E-state index contributed by atoms with van der Waals surface area (Å²) >= 11 is 0. The Hall–Kier alpha value is -1.75. The molecule has 1 fully saturated rings. The van der Waals surface area contributed by atoms with Gasteiger partial charge in [-0.3, -0.25) is 4.90 Å². The molecule has 1 saturated heterocycles. The number of aryl methyl sites for hydroxylation is 1. The van der Waals surface area contributed by atoms with Gasteiger partial charge >= 0.3 is 6.09 Å². The number of nitrogen functional groups attached to an aromatic ring is 1. The number of amides is 1. The third-order valence-electron chi connectivity index (χ3n) is 3.41. The molecule has 1 amide bonds. The zero-order valence-electron chi connectivity index (χ0n) is 13.2. The second kappa shape index (κ2) is 5.93. The highest BCUT2D eigenvalue weighted by Gasteiger charge is 2.32. The minimum Gasteiger partial charge on any atom is -0.444 e. The van der Waals surface area contributed by atoms with E-state index in [0.29, 0.717) is 19.8 Å². The summed E-state index contributed by atoms with van der Waals surface area (Å²) in [6, 6.07) is 5.59. The lowest BCUT2D eigenvalue weighted by Gasteiger charge is -2.37. The lowest BCUT2D eigenvalue weighted by atomic mass is 9.99. The van der Waals surface area contributed by atoms with Crippen molar-refractivity contribution in [2.75, 3.05) is 25.5 Å². The van der Waals surface area contributed by atoms with Gasteiger partial charge < -0.3 is 15.2 Å². The molecule has 1 aliphatic heterocycles. The van der Waals surface area contributed by atoms with E-state index in [0.717, 1.165) is 16.8 Å². The summed E-state index contributed by atoms with van der Waals surface area (Å²) in [5.74, 6) is 0. The van der Waals surface area contributed by atoms with E-state index < -0.39 is 5.60 Å². The van der Waals surface area contributed by atoms with Gasteiger partial charge in [0, 0.05) is 12.2 Å². The van der Waals surface area contributed by atoms with E-state index in [1.165, 1.54) is 0 Å². The van der Waals surface area contributed by atoms with E-state index in [9.17, 15) is 4.79 Å². The fraction of sp³-hybridized carbons (Fsp3) is 0.562. The van der Waals surface area contributed by atoms with Gasteiger partial charge in [-0.2, -0.15) is 0 Å². The third kappa shape index (κ3) is 3.88. The molecule has 5 nitrogen and oxygen atoms in total. The Morgan fingerprint density at radius 1 is 1.43 bits per heavy atom. The first kappa shape index (κ1) is 15.6. The number of rotatable bonds is 1. The van der Waals surface area contributed by atoms with Gasteiger partial charge in [0.25, 0.3) is 0 Å². The van der Waals surface area contributed by atoms with Crippen LogP contribution in [0.5, 0.6) is 0 Å². The Balaban J connectivity index is 2.24. The van der Waals surface area contributed by atoms with Gasteiger partial charge in [-0.25, -0.2) is 4.79 Å². The highest BCUT2D eigenvalue weighted by molar-refractivity contribution is 5.69. The average molecular weight is 292 g/mol. The lowest BCUT2D eigenvalue weighted by Crippen LogP contribution is -2.45. The molecule has 1 aliphatic rings. The molecule has 0 aromatic heterocycles. The summed E-state index contributed by atoms with van der Waals surface area (Å²) in [5.41, 5.74) is 8.12. The van der Waals surface area contributed by atoms with Gasteiger partial charge in [0.2, 0.25) is 0 Å². The number of carbonyl (C=O) groups excluding carboxylic acids is 1. The van der Waals surface area contributed by atoms with Crippen LogP contribution in [0.2, 0.25) is 0 Å². The summed E-state index contributed by atoms with van der Waals surface area (Å²) in [6.45, 7) is 9.14. The number of benzene rings is 1. The number of anilines is 1. The van der Waals surface area contributed by atoms with Crippen molar-refractivity contribution in [1.82, 2.24) is 4.90 Å². The van der Waals surface area contributed by atoms with Gasteiger partial charge in [-0.15, -0.1) is 0 Å². The van der Waals surface area contributed by atoms with Crippen LogP contribution in [0.3, 0.4) is 0 Å². The Labute approximate surface area is 126 Å². The number of nitrogens with two attached hydrogens (primary N) is 1. The van der Waals surface area contributed by atoms with Crippen LogP contribution in [0.25, 0.3) is 0 Å². The zero-order valence-corrected chi connectivity index (χ0v) is 13.2. The van der Waals surface area contributed by atoms with E-state index in [4.69, 9.17) is 15.2 Å². The van der Waals surface area contributed by atoms with Crippen molar-refractivity contribution >= 4 is 11.8 Å². The number of ether oxygens (including phenoxy) is 2. The van der Waals surface area contributed by atoms with Gasteiger partial charge in [0.05, 0.1) is 19.3 Å². The molecule has 21 heavy (non-hydrogen) atoms. The fourth-order valence-electron chi connectivity index (χ4n) is 2.47. The smallest absolute Gasteiger partial charge is 0.410 e. The van der Waals surface area contributed by atoms with Gasteiger partial charge in [-0.05, 0) is 51.0 Å². The molecule has 0 aliphatic carbocycles. The second-order valence-corrected chi connectivity index (χ2v) is 6.38. The molecule has 5 heteroatoms. The van der Waals surface area contributed by atoms with E-state index in [2.05, 4.69) is 0 Å². The predicted octanol–water partition coefficient (Wildman–Crippen LogP) is 2.89. The number of hydrogen-bond donors (Lipinski definition) is 1. The molecule has 2 N–H and O–H groups in total. The van der Waals surface area contributed by atoms with Gasteiger partial charge in [0.1, 0.15) is 5.60 Å². The van der Waals surface area contributed by atoms with Crippen molar-refractivity contribution in [2.45, 2.75) is 39.3 Å². The first-order valence-corrected chi connectivity index (χ1v) is 7.21. The van der Waals surface area contributed by atoms with Crippen molar-refractivity contribution in [3.8, 4) is 0 Å².